The first-order chi connectivity index (χ1) is 18.3. The molecule has 0 aliphatic rings. The van der Waals surface area contributed by atoms with Gasteiger partial charge in [-0.15, -0.1) is 11.3 Å². The lowest BCUT2D eigenvalue weighted by Gasteiger charge is -2.11. The Hall–Kier alpha value is -3.95. The van der Waals surface area contributed by atoms with Crippen molar-refractivity contribution in [3.05, 3.63) is 115 Å². The van der Waals surface area contributed by atoms with Crippen molar-refractivity contribution in [2.24, 2.45) is 17.1 Å². The molecule has 5 rings (SSSR count). The smallest absolute Gasteiger partial charge is 0.297 e. The second-order valence-corrected chi connectivity index (χ2v) is 10.7. The van der Waals surface area contributed by atoms with E-state index in [0.717, 1.165) is 38.4 Å². The van der Waals surface area contributed by atoms with Gasteiger partial charge in [0.1, 0.15) is 0 Å². The van der Waals surface area contributed by atoms with Crippen LogP contribution in [-0.4, -0.2) is 34.3 Å². The van der Waals surface area contributed by atoms with Crippen LogP contribution in [0.15, 0.2) is 104 Å². The minimum atomic E-state index is -0.177. The van der Waals surface area contributed by atoms with Gasteiger partial charge in [-0.1, -0.05) is 58.4 Å². The van der Waals surface area contributed by atoms with Crippen molar-refractivity contribution >= 4 is 44.9 Å². The standard InChI is InChI=1S/C29H27BrN6OS/c1-20-27(28(37)36(34(20)4)25-11-6-5-7-12-25)32-29-35(26(19-38-29)22-9-8-10-23(30)17-22)31-18-21-13-15-24(16-14-21)33(2)3/h5-19H,1-4H3. The lowest BCUT2D eigenvalue weighted by Crippen LogP contribution is -2.19. The summed E-state index contributed by atoms with van der Waals surface area (Å²) in [4.78, 5) is 21.0. The molecule has 7 nitrogen and oxygen atoms in total. The first-order valence-corrected chi connectivity index (χ1v) is 13.7. The van der Waals surface area contributed by atoms with Gasteiger partial charge in [0.25, 0.3) is 5.56 Å². The zero-order valence-electron chi connectivity index (χ0n) is 21.5. The van der Waals surface area contributed by atoms with Crippen molar-refractivity contribution in [2.75, 3.05) is 19.0 Å². The highest BCUT2D eigenvalue weighted by molar-refractivity contribution is 9.10. The highest BCUT2D eigenvalue weighted by Gasteiger charge is 2.17. The zero-order valence-corrected chi connectivity index (χ0v) is 23.9. The van der Waals surface area contributed by atoms with Crippen LogP contribution in [0.3, 0.4) is 0 Å². The van der Waals surface area contributed by atoms with E-state index in [-0.39, 0.29) is 5.56 Å². The maximum atomic E-state index is 13.5. The molecule has 0 N–H and O–H groups in total. The molecule has 0 aliphatic carbocycles. The first kappa shape index (κ1) is 25.7. The van der Waals surface area contributed by atoms with Crippen LogP contribution in [0.4, 0.5) is 11.4 Å². The molecule has 9 heteroatoms. The molecular formula is C29H27BrN6OS. The van der Waals surface area contributed by atoms with Crippen molar-refractivity contribution < 1.29 is 0 Å². The summed E-state index contributed by atoms with van der Waals surface area (Å²) >= 11 is 5.02. The van der Waals surface area contributed by atoms with Crippen molar-refractivity contribution in [1.29, 1.82) is 0 Å². The number of rotatable bonds is 6. The molecule has 0 amide bonds. The highest BCUT2D eigenvalue weighted by atomic mass is 79.9. The Morgan fingerprint density at radius 2 is 1.71 bits per heavy atom. The van der Waals surface area contributed by atoms with Crippen molar-refractivity contribution in [3.63, 3.8) is 0 Å². The van der Waals surface area contributed by atoms with E-state index in [1.807, 2.05) is 111 Å². The summed E-state index contributed by atoms with van der Waals surface area (Å²) in [6, 6.07) is 25.8. The van der Waals surface area contributed by atoms with Gasteiger partial charge in [0.15, 0.2) is 5.69 Å². The number of hydrogen-bond acceptors (Lipinski definition) is 5. The second kappa shape index (κ2) is 10.8. The fourth-order valence-electron chi connectivity index (χ4n) is 4.10. The lowest BCUT2D eigenvalue weighted by atomic mass is 10.2. The minimum Gasteiger partial charge on any atom is -0.378 e. The number of benzene rings is 3. The quantitative estimate of drug-likeness (QED) is 0.231. The van der Waals surface area contributed by atoms with E-state index in [2.05, 4.69) is 33.0 Å². The first-order valence-electron chi connectivity index (χ1n) is 12.0. The maximum Gasteiger partial charge on any atom is 0.297 e. The van der Waals surface area contributed by atoms with Crippen molar-refractivity contribution in [1.82, 2.24) is 14.0 Å². The van der Waals surface area contributed by atoms with E-state index < -0.39 is 0 Å². The Morgan fingerprint density at radius 1 is 0.974 bits per heavy atom. The SMILES string of the molecule is Cc1c(N=c2scc(-c3cccc(Br)c3)n2N=Cc2ccc(N(C)C)cc2)c(=O)n(-c2ccccc2)n1C. The van der Waals surface area contributed by atoms with E-state index in [1.165, 1.54) is 11.3 Å². The molecule has 2 aromatic heterocycles. The highest BCUT2D eigenvalue weighted by Crippen LogP contribution is 2.24. The van der Waals surface area contributed by atoms with Crippen LogP contribution in [0, 0.1) is 6.92 Å². The minimum absolute atomic E-state index is 0.177. The third-order valence-corrected chi connectivity index (χ3v) is 7.58. The van der Waals surface area contributed by atoms with E-state index in [0.29, 0.717) is 10.5 Å². The number of anilines is 1. The Morgan fingerprint density at radius 3 is 2.39 bits per heavy atom. The summed E-state index contributed by atoms with van der Waals surface area (Å²) in [6.45, 7) is 1.91. The van der Waals surface area contributed by atoms with Gasteiger partial charge in [-0.05, 0) is 48.9 Å². The molecule has 0 fully saturated rings. The van der Waals surface area contributed by atoms with Gasteiger partial charge >= 0.3 is 0 Å². The Balaban J connectivity index is 1.66. The summed E-state index contributed by atoms with van der Waals surface area (Å²) in [5.74, 6) is 0. The summed E-state index contributed by atoms with van der Waals surface area (Å²) in [5.41, 5.74) is 5.72. The van der Waals surface area contributed by atoms with Crippen LogP contribution in [0.1, 0.15) is 11.3 Å². The predicted octanol–water partition coefficient (Wildman–Crippen LogP) is 5.96. The van der Waals surface area contributed by atoms with Gasteiger partial charge in [0, 0.05) is 42.2 Å². The molecular weight excluding hydrogens is 560 g/mol. The molecule has 38 heavy (non-hydrogen) atoms. The number of hydrogen-bond donors (Lipinski definition) is 0. The summed E-state index contributed by atoms with van der Waals surface area (Å²) in [5, 5.41) is 6.84. The van der Waals surface area contributed by atoms with Crippen LogP contribution in [0.25, 0.3) is 16.9 Å². The fourth-order valence-corrected chi connectivity index (χ4v) is 5.34. The summed E-state index contributed by atoms with van der Waals surface area (Å²) in [6.07, 6.45) is 1.81. The number of nitrogens with zero attached hydrogens (tertiary/aromatic N) is 6. The molecule has 5 aromatic rings. The van der Waals surface area contributed by atoms with Gasteiger partial charge < -0.3 is 4.90 Å². The largest absolute Gasteiger partial charge is 0.378 e. The lowest BCUT2D eigenvalue weighted by molar-refractivity contribution is 0.630. The van der Waals surface area contributed by atoms with Crippen molar-refractivity contribution in [2.45, 2.75) is 6.92 Å². The van der Waals surface area contributed by atoms with Crippen molar-refractivity contribution in [3.8, 4) is 16.9 Å². The Labute approximate surface area is 233 Å². The molecule has 192 valence electrons. The molecule has 0 spiro atoms. The van der Waals surface area contributed by atoms with Gasteiger partial charge in [-0.2, -0.15) is 5.10 Å². The fraction of sp³-hybridized carbons (Fsp3) is 0.138. The van der Waals surface area contributed by atoms with E-state index in [4.69, 9.17) is 10.1 Å². The number of para-hydroxylation sites is 1. The maximum absolute atomic E-state index is 13.5. The monoisotopic (exact) mass is 586 g/mol. The van der Waals surface area contributed by atoms with Gasteiger partial charge in [0.2, 0.25) is 4.80 Å². The van der Waals surface area contributed by atoms with Crippen LogP contribution in [-0.2, 0) is 7.05 Å². The normalized spacial score (nSPS) is 12.0. The Kier molecular flexibility index (Phi) is 7.31. The third kappa shape index (κ3) is 5.07. The van der Waals surface area contributed by atoms with Gasteiger partial charge in [-0.25, -0.2) is 14.4 Å². The molecule has 2 heterocycles. The average molecular weight is 588 g/mol. The molecule has 0 radical (unpaired) electrons. The number of aromatic nitrogens is 3. The molecule has 3 aromatic carbocycles. The molecule has 0 aliphatic heterocycles. The molecule has 0 unspecified atom stereocenters. The van der Waals surface area contributed by atoms with Crippen LogP contribution >= 0.6 is 27.3 Å². The van der Waals surface area contributed by atoms with Crippen LogP contribution in [0.2, 0.25) is 0 Å². The molecule has 0 atom stereocenters. The van der Waals surface area contributed by atoms with E-state index in [1.54, 1.807) is 9.36 Å². The summed E-state index contributed by atoms with van der Waals surface area (Å²) in [7, 11) is 5.90. The zero-order chi connectivity index (χ0) is 26.8. The van der Waals surface area contributed by atoms with Crippen LogP contribution in [0.5, 0.6) is 0 Å². The number of thiazole rings is 1. The predicted molar refractivity (Wildman–Crippen MR) is 160 cm³/mol. The number of halogens is 1. The molecule has 0 saturated carbocycles. The topological polar surface area (TPSA) is 59.8 Å². The Bertz CT molecular complexity index is 1740. The third-order valence-electron chi connectivity index (χ3n) is 6.27. The van der Waals surface area contributed by atoms with Crippen LogP contribution < -0.4 is 15.3 Å². The molecule has 0 saturated heterocycles. The van der Waals surface area contributed by atoms with Gasteiger partial charge in [-0.3, -0.25) is 9.48 Å². The van der Waals surface area contributed by atoms with E-state index in [9.17, 15) is 4.79 Å². The van der Waals surface area contributed by atoms with E-state index >= 15 is 0 Å². The average Bonchev–Trinajstić information content (AvgIpc) is 3.41. The second-order valence-electron chi connectivity index (χ2n) is 8.98. The molecule has 0 bridgehead atoms. The van der Waals surface area contributed by atoms with Gasteiger partial charge in [0.05, 0.1) is 23.3 Å². The summed E-state index contributed by atoms with van der Waals surface area (Å²) < 4.78 is 6.24.